The van der Waals surface area contributed by atoms with Gasteiger partial charge in [-0.15, -0.1) is 0 Å². The van der Waals surface area contributed by atoms with Crippen LogP contribution in [0.5, 0.6) is 0 Å². The highest BCUT2D eigenvalue weighted by Gasteiger charge is 2.72. The number of carbonyl (C=O) groups is 2. The van der Waals surface area contributed by atoms with Crippen LogP contribution >= 0.6 is 0 Å². The van der Waals surface area contributed by atoms with E-state index in [9.17, 15) is 14.0 Å². The molecule has 0 unspecified atom stereocenters. The van der Waals surface area contributed by atoms with Gasteiger partial charge in [-0.1, -0.05) is 36.4 Å². The normalized spacial score (nSPS) is 27.1. The lowest BCUT2D eigenvalue weighted by molar-refractivity contribution is -0.159. The molecule has 3 saturated carbocycles. The maximum Gasteiger partial charge on any atom is 0.410 e. The summed E-state index contributed by atoms with van der Waals surface area (Å²) in [7, 11) is 1.78. The van der Waals surface area contributed by atoms with E-state index in [0.29, 0.717) is 6.54 Å². The summed E-state index contributed by atoms with van der Waals surface area (Å²) in [6.07, 6.45) is 2.64. The number of urea groups is 1. The van der Waals surface area contributed by atoms with Gasteiger partial charge in [0.15, 0.2) is 0 Å². The van der Waals surface area contributed by atoms with Crippen LogP contribution in [-0.4, -0.2) is 52.2 Å². The number of ether oxygens (including phenoxy) is 1. The van der Waals surface area contributed by atoms with Gasteiger partial charge < -0.3 is 19.9 Å². The minimum Gasteiger partial charge on any atom is -0.444 e. The Balaban J connectivity index is 1.30. The molecule has 3 aliphatic carbocycles. The second-order valence-electron chi connectivity index (χ2n) is 11.1. The Morgan fingerprint density at radius 3 is 2.38 bits per heavy atom. The van der Waals surface area contributed by atoms with E-state index in [1.165, 1.54) is 17.7 Å². The zero-order valence-corrected chi connectivity index (χ0v) is 20.2. The summed E-state index contributed by atoms with van der Waals surface area (Å²) in [5.41, 5.74) is 2.12. The van der Waals surface area contributed by atoms with E-state index >= 15 is 0 Å². The predicted molar refractivity (Wildman–Crippen MR) is 127 cm³/mol. The van der Waals surface area contributed by atoms with Crippen molar-refractivity contribution in [2.45, 2.75) is 69.2 Å². The van der Waals surface area contributed by atoms with E-state index in [1.807, 2.05) is 37.8 Å². The van der Waals surface area contributed by atoms with Crippen molar-refractivity contribution in [3.8, 4) is 0 Å². The molecule has 1 heterocycles. The van der Waals surface area contributed by atoms with Crippen molar-refractivity contribution < 1.29 is 18.7 Å². The highest BCUT2D eigenvalue weighted by molar-refractivity contribution is 5.78. The van der Waals surface area contributed by atoms with E-state index in [0.717, 1.165) is 36.8 Å². The number of hydrogen-bond donors (Lipinski definition) is 1. The van der Waals surface area contributed by atoms with Crippen LogP contribution < -0.4 is 5.32 Å². The minimum absolute atomic E-state index is 0.114. The van der Waals surface area contributed by atoms with Gasteiger partial charge in [0.1, 0.15) is 11.4 Å². The fraction of sp³-hybridized carbons (Fsp3) is 0.481. The van der Waals surface area contributed by atoms with E-state index in [4.69, 9.17) is 4.74 Å². The molecule has 0 spiro atoms. The Hall–Kier alpha value is -3.09. The van der Waals surface area contributed by atoms with E-state index in [1.54, 1.807) is 24.1 Å². The van der Waals surface area contributed by atoms with Crippen molar-refractivity contribution in [3.63, 3.8) is 0 Å². The van der Waals surface area contributed by atoms with Gasteiger partial charge in [0.2, 0.25) is 0 Å². The van der Waals surface area contributed by atoms with Crippen molar-refractivity contribution in [2.75, 3.05) is 13.6 Å². The van der Waals surface area contributed by atoms with Crippen LogP contribution in [0.2, 0.25) is 0 Å². The molecule has 1 N–H and O–H groups in total. The number of fused-ring (bicyclic) bond motifs is 1. The monoisotopic (exact) mass is 465 g/mol. The first-order valence-corrected chi connectivity index (χ1v) is 11.9. The zero-order valence-electron chi connectivity index (χ0n) is 20.2. The Kier molecular flexibility index (Phi) is 5.15. The molecular weight excluding hydrogens is 433 g/mol. The Morgan fingerprint density at radius 1 is 1.09 bits per heavy atom. The van der Waals surface area contributed by atoms with Gasteiger partial charge in [-0.25, -0.2) is 14.0 Å². The molecule has 2 aromatic carbocycles. The molecule has 3 amide bonds. The van der Waals surface area contributed by atoms with Crippen LogP contribution in [0.1, 0.15) is 62.8 Å². The molecule has 34 heavy (non-hydrogen) atoms. The van der Waals surface area contributed by atoms with Crippen LogP contribution in [0.25, 0.3) is 0 Å². The van der Waals surface area contributed by atoms with E-state index in [2.05, 4.69) is 17.4 Å². The highest BCUT2D eigenvalue weighted by Crippen LogP contribution is 2.63. The third kappa shape index (κ3) is 3.81. The average molecular weight is 466 g/mol. The topological polar surface area (TPSA) is 61.9 Å². The molecule has 2 aromatic rings. The molecule has 2 bridgehead atoms. The predicted octanol–water partition coefficient (Wildman–Crippen LogP) is 5.02. The first kappa shape index (κ1) is 22.7. The first-order chi connectivity index (χ1) is 16.0. The molecule has 0 aromatic heterocycles. The molecule has 0 radical (unpaired) electrons. The number of amides is 3. The van der Waals surface area contributed by atoms with Crippen LogP contribution in [0.15, 0.2) is 48.5 Å². The number of halogens is 1. The third-order valence-electron chi connectivity index (χ3n) is 7.48. The average Bonchev–Trinajstić information content (AvgIpc) is 2.73. The number of rotatable bonds is 3. The highest BCUT2D eigenvalue weighted by atomic mass is 19.1. The number of nitrogens with zero attached hydrogens (tertiary/aromatic N) is 2. The second kappa shape index (κ2) is 7.72. The van der Waals surface area contributed by atoms with Crippen molar-refractivity contribution >= 4 is 12.1 Å². The van der Waals surface area contributed by atoms with Crippen LogP contribution in [0.3, 0.4) is 0 Å². The zero-order chi connectivity index (χ0) is 24.3. The molecule has 4 aliphatic rings. The number of nitrogens with one attached hydrogen (secondary N) is 1. The molecule has 180 valence electrons. The summed E-state index contributed by atoms with van der Waals surface area (Å²) in [5, 5.41) is 3.27. The van der Waals surface area contributed by atoms with E-state index < -0.39 is 5.60 Å². The smallest absolute Gasteiger partial charge is 0.410 e. The lowest BCUT2D eigenvalue weighted by atomic mass is 9.43. The Labute approximate surface area is 200 Å². The van der Waals surface area contributed by atoms with Crippen LogP contribution in [0.4, 0.5) is 14.0 Å². The van der Waals surface area contributed by atoms with Crippen molar-refractivity contribution in [3.05, 3.63) is 71.0 Å². The Morgan fingerprint density at radius 2 is 1.74 bits per heavy atom. The van der Waals surface area contributed by atoms with Crippen molar-refractivity contribution in [1.29, 1.82) is 0 Å². The first-order valence-electron chi connectivity index (χ1n) is 11.9. The van der Waals surface area contributed by atoms with Gasteiger partial charge >= 0.3 is 12.1 Å². The summed E-state index contributed by atoms with van der Waals surface area (Å²) in [5.74, 6) is -0.294. The molecule has 3 fully saturated rings. The fourth-order valence-electron chi connectivity index (χ4n) is 5.84. The standard InChI is InChI=1S/C27H32FN3O3/c1-25(2,3)34-24(33)30(4)27-15-26(16-27,17-27)29-23(32)31-14-13-18-7-5-6-8-21(18)22(31)19-9-11-20(28)12-10-19/h5-12,22H,13-17H2,1-4H3,(H,29,32)/t22-,26?,27?/m0/s1. The van der Waals surface area contributed by atoms with Gasteiger partial charge in [-0.05, 0) is 75.3 Å². The summed E-state index contributed by atoms with van der Waals surface area (Å²) in [6.45, 7) is 6.16. The second-order valence-corrected chi connectivity index (χ2v) is 11.1. The van der Waals surface area contributed by atoms with Gasteiger partial charge in [-0.3, -0.25) is 0 Å². The molecule has 7 heteroatoms. The van der Waals surface area contributed by atoms with Gasteiger partial charge in [0, 0.05) is 19.1 Å². The lowest BCUT2D eigenvalue weighted by Gasteiger charge is -2.72. The number of benzene rings is 2. The number of carbonyl (C=O) groups excluding carboxylic acids is 2. The summed E-state index contributed by atoms with van der Waals surface area (Å²) in [4.78, 5) is 29.6. The molecule has 1 aliphatic heterocycles. The molecule has 6 rings (SSSR count). The van der Waals surface area contributed by atoms with Crippen LogP contribution in [-0.2, 0) is 11.2 Å². The molecule has 1 atom stereocenters. The van der Waals surface area contributed by atoms with Gasteiger partial charge in [-0.2, -0.15) is 0 Å². The summed E-state index contributed by atoms with van der Waals surface area (Å²) < 4.78 is 19.1. The summed E-state index contributed by atoms with van der Waals surface area (Å²) >= 11 is 0. The van der Waals surface area contributed by atoms with Crippen molar-refractivity contribution in [1.82, 2.24) is 15.1 Å². The largest absolute Gasteiger partial charge is 0.444 e. The van der Waals surface area contributed by atoms with Crippen LogP contribution in [0, 0.1) is 5.82 Å². The minimum atomic E-state index is -0.541. The van der Waals surface area contributed by atoms with Gasteiger partial charge in [0.05, 0.1) is 11.6 Å². The maximum absolute atomic E-state index is 13.6. The lowest BCUT2D eigenvalue weighted by Crippen LogP contribution is -2.84. The molecular formula is C27H32FN3O3. The van der Waals surface area contributed by atoms with E-state index in [-0.39, 0.29) is 35.1 Å². The SMILES string of the molecule is CN(C(=O)OC(C)(C)C)C12CC(NC(=O)N3CCc4ccccc4[C@@H]3c3ccc(F)cc3)(C1)C2. The molecule has 6 nitrogen and oxygen atoms in total. The Bertz CT molecular complexity index is 1100. The van der Waals surface area contributed by atoms with Gasteiger partial charge in [0.25, 0.3) is 0 Å². The fourth-order valence-corrected chi connectivity index (χ4v) is 5.84. The summed E-state index contributed by atoms with van der Waals surface area (Å²) in [6, 6.07) is 14.2. The maximum atomic E-state index is 13.6. The third-order valence-corrected chi connectivity index (χ3v) is 7.48. The number of hydrogen-bond acceptors (Lipinski definition) is 3. The molecule has 0 saturated heterocycles. The van der Waals surface area contributed by atoms with Crippen molar-refractivity contribution in [2.24, 2.45) is 0 Å². The quantitative estimate of drug-likeness (QED) is 0.692.